The van der Waals surface area contributed by atoms with Crippen LogP contribution in [0.5, 0.6) is 11.5 Å². The summed E-state index contributed by atoms with van der Waals surface area (Å²) in [6.07, 6.45) is 5.84. The van der Waals surface area contributed by atoms with Gasteiger partial charge in [0.2, 0.25) is 11.3 Å². The molecule has 2 aliphatic rings. The Balaban J connectivity index is 1.52. The maximum absolute atomic E-state index is 14.1. The zero-order valence-electron chi connectivity index (χ0n) is 21.3. The van der Waals surface area contributed by atoms with E-state index in [1.807, 2.05) is 55.5 Å². The van der Waals surface area contributed by atoms with Crippen molar-refractivity contribution in [1.82, 2.24) is 15.6 Å². The van der Waals surface area contributed by atoms with Crippen LogP contribution in [0.3, 0.4) is 0 Å². The zero-order valence-corrected chi connectivity index (χ0v) is 22.1. The zero-order chi connectivity index (χ0) is 26.9. The van der Waals surface area contributed by atoms with Crippen molar-refractivity contribution in [3.63, 3.8) is 0 Å². The number of hydrogen-bond acceptors (Lipinski definition) is 5. The van der Waals surface area contributed by atoms with Crippen LogP contribution in [0.15, 0.2) is 60.8 Å². The van der Waals surface area contributed by atoms with E-state index in [9.17, 15) is 14.4 Å². The van der Waals surface area contributed by atoms with E-state index >= 15 is 0 Å². The minimum Gasteiger partial charge on any atom is -0.456 e. The van der Waals surface area contributed by atoms with E-state index in [-0.39, 0.29) is 23.4 Å². The van der Waals surface area contributed by atoms with Gasteiger partial charge < -0.3 is 26.0 Å². The van der Waals surface area contributed by atoms with E-state index in [1.165, 1.54) is 0 Å². The molecule has 4 amide bonds. The SMILES string of the molecule is Cc1ccccc1Oc1ccccc1-c1c2c3c(ccnc3[s+]1C(=O)N[C@H]1CCCC[C@@H]1NC=O)NC(=O)N2. The molecule has 1 aliphatic heterocycles. The molecule has 1 saturated carbocycles. The third-order valence-electron chi connectivity index (χ3n) is 7.26. The fourth-order valence-corrected chi connectivity index (χ4v) is 7.55. The minimum atomic E-state index is -1.18. The quantitative estimate of drug-likeness (QED) is 0.161. The lowest BCUT2D eigenvalue weighted by atomic mass is 9.90. The predicted molar refractivity (Wildman–Crippen MR) is 153 cm³/mol. The highest BCUT2D eigenvalue weighted by atomic mass is 32.2. The molecule has 2 aromatic carbocycles. The summed E-state index contributed by atoms with van der Waals surface area (Å²) in [5.74, 6) is 1.27. The molecule has 0 bridgehead atoms. The summed E-state index contributed by atoms with van der Waals surface area (Å²) in [5.41, 5.74) is 2.84. The molecule has 0 radical (unpaired) electrons. The Morgan fingerprint density at radius 2 is 1.77 bits per heavy atom. The molecule has 0 saturated heterocycles. The number of urea groups is 1. The highest BCUT2D eigenvalue weighted by Crippen LogP contribution is 2.55. The molecule has 6 rings (SSSR count). The maximum atomic E-state index is 14.1. The number of aryl methyl sites for hydroxylation is 1. The number of aromatic nitrogens is 1. The lowest BCUT2D eigenvalue weighted by Crippen LogP contribution is -2.50. The molecule has 39 heavy (non-hydrogen) atoms. The number of pyridine rings is 1. The molecule has 4 aromatic rings. The first-order valence-electron chi connectivity index (χ1n) is 12.9. The summed E-state index contributed by atoms with van der Waals surface area (Å²) in [5, 5.41) is 12.4. The van der Waals surface area contributed by atoms with Crippen molar-refractivity contribution >= 4 is 49.7 Å². The standard InChI is InChI=1S/C29H27N5O4S/c1-17-8-2-6-12-22(17)38-23-13-7-3-9-18(23)26-25-24-21(32-28(36)34-25)14-15-30-27(24)39(26)29(37)33-20-11-5-4-10-19(20)31-16-35/h2-3,6-9,12-16,19-20H,4-5,10-11H2,1H3,(H3-,30,31,32,33,34,35,36,37)/p+1/t19-,20-,39?/m0/s1. The van der Waals surface area contributed by atoms with Crippen molar-refractivity contribution in [3.05, 3.63) is 66.4 Å². The third kappa shape index (κ3) is 4.57. The second-order valence-electron chi connectivity index (χ2n) is 9.71. The number of carbonyl (C=O) groups is 3. The average molecular weight is 543 g/mol. The van der Waals surface area contributed by atoms with Crippen LogP contribution >= 0.6 is 10.5 Å². The molecule has 1 fully saturated rings. The number of nitrogens with one attached hydrogen (secondary N) is 4. The summed E-state index contributed by atoms with van der Waals surface area (Å²) in [6, 6.07) is 16.3. The van der Waals surface area contributed by atoms with E-state index in [2.05, 4.69) is 26.3 Å². The number of carbonyl (C=O) groups excluding carboxylic acids is 3. The van der Waals surface area contributed by atoms with Gasteiger partial charge in [-0.25, -0.2) is 14.6 Å². The smallest absolute Gasteiger partial charge is 0.456 e. The van der Waals surface area contributed by atoms with Crippen LogP contribution in [0.2, 0.25) is 0 Å². The largest absolute Gasteiger partial charge is 0.458 e. The number of anilines is 2. The number of nitrogens with zero attached hydrogens (tertiary/aromatic N) is 1. The normalized spacial score (nSPS) is 18.6. The first kappa shape index (κ1) is 24.9. The number of rotatable bonds is 7. The molecule has 1 aliphatic carbocycles. The van der Waals surface area contributed by atoms with E-state index in [0.717, 1.165) is 31.2 Å². The lowest BCUT2D eigenvalue weighted by molar-refractivity contribution is -0.110. The van der Waals surface area contributed by atoms with Crippen LogP contribution in [-0.4, -0.2) is 34.7 Å². The first-order chi connectivity index (χ1) is 19.0. The third-order valence-corrected chi connectivity index (χ3v) is 9.28. The minimum absolute atomic E-state index is 0.134. The Labute approximate surface area is 227 Å². The van der Waals surface area contributed by atoms with Crippen molar-refractivity contribution in [2.24, 2.45) is 0 Å². The maximum Gasteiger partial charge on any atom is 0.458 e. The summed E-state index contributed by atoms with van der Waals surface area (Å²) in [6.45, 7) is 1.97. The van der Waals surface area contributed by atoms with Crippen LogP contribution in [0.4, 0.5) is 21.0 Å². The van der Waals surface area contributed by atoms with E-state index in [4.69, 9.17) is 4.74 Å². The second kappa shape index (κ2) is 10.4. The van der Waals surface area contributed by atoms with Gasteiger partial charge in [-0.3, -0.25) is 4.79 Å². The van der Waals surface area contributed by atoms with Crippen LogP contribution in [-0.2, 0) is 4.79 Å². The molecule has 4 N–H and O–H groups in total. The van der Waals surface area contributed by atoms with Gasteiger partial charge >= 0.3 is 11.3 Å². The number of amides is 4. The molecule has 9 nitrogen and oxygen atoms in total. The molecule has 3 heterocycles. The Kier molecular flexibility index (Phi) is 6.62. The van der Waals surface area contributed by atoms with Gasteiger partial charge in [-0.2, -0.15) is 0 Å². The molecular weight excluding hydrogens is 514 g/mol. The average Bonchev–Trinajstić information content (AvgIpc) is 3.26. The monoisotopic (exact) mass is 542 g/mol. The van der Waals surface area contributed by atoms with E-state index < -0.39 is 10.5 Å². The van der Waals surface area contributed by atoms with Crippen molar-refractivity contribution in [3.8, 4) is 21.9 Å². The summed E-state index contributed by atoms with van der Waals surface area (Å²) in [4.78, 5) is 43.9. The lowest BCUT2D eigenvalue weighted by Gasteiger charge is -2.30. The Morgan fingerprint density at radius 1 is 1.03 bits per heavy atom. The van der Waals surface area contributed by atoms with Gasteiger partial charge in [0.25, 0.3) is 4.83 Å². The van der Waals surface area contributed by atoms with Crippen LogP contribution in [0, 0.1) is 6.92 Å². The number of para-hydroxylation sites is 2. The molecular formula is C29H28N5O4S+. The van der Waals surface area contributed by atoms with Gasteiger partial charge in [-0.1, -0.05) is 43.2 Å². The highest BCUT2D eigenvalue weighted by molar-refractivity contribution is 7.58. The van der Waals surface area contributed by atoms with Crippen LogP contribution in [0.1, 0.15) is 31.2 Å². The van der Waals surface area contributed by atoms with Crippen LogP contribution < -0.4 is 26.0 Å². The first-order valence-corrected chi connectivity index (χ1v) is 14.2. The molecule has 0 spiro atoms. The van der Waals surface area contributed by atoms with Gasteiger partial charge in [0, 0.05) is 12.2 Å². The van der Waals surface area contributed by atoms with Gasteiger partial charge in [-0.15, -0.1) is 0 Å². The predicted octanol–water partition coefficient (Wildman–Crippen LogP) is 6.32. The van der Waals surface area contributed by atoms with E-state index in [0.29, 0.717) is 49.9 Å². The summed E-state index contributed by atoms with van der Waals surface area (Å²) >= 11 is 0. The van der Waals surface area contributed by atoms with Crippen molar-refractivity contribution in [2.45, 2.75) is 44.7 Å². The fraction of sp³-hybridized carbons (Fsp3) is 0.241. The number of hydrogen-bond donors (Lipinski definition) is 4. The summed E-state index contributed by atoms with van der Waals surface area (Å²) in [7, 11) is -1.18. The number of thiophene rings is 1. The fourth-order valence-electron chi connectivity index (χ4n) is 5.40. The molecule has 2 aromatic heterocycles. The molecule has 10 heteroatoms. The van der Waals surface area contributed by atoms with Gasteiger partial charge in [0.05, 0.1) is 17.3 Å². The summed E-state index contributed by atoms with van der Waals surface area (Å²) < 4.78 is 6.39. The topological polar surface area (TPSA) is 121 Å². The highest BCUT2D eigenvalue weighted by Gasteiger charge is 2.42. The van der Waals surface area contributed by atoms with Crippen molar-refractivity contribution in [2.75, 3.05) is 10.6 Å². The Hall–Kier alpha value is -4.44. The van der Waals surface area contributed by atoms with Crippen molar-refractivity contribution < 1.29 is 19.1 Å². The Bertz CT molecular complexity index is 1600. The number of benzene rings is 2. The molecule has 198 valence electrons. The Morgan fingerprint density at radius 3 is 2.56 bits per heavy atom. The van der Waals surface area contributed by atoms with Crippen molar-refractivity contribution in [1.29, 1.82) is 0 Å². The van der Waals surface area contributed by atoms with Gasteiger partial charge in [0.1, 0.15) is 33.0 Å². The van der Waals surface area contributed by atoms with Gasteiger partial charge in [-0.05, 0) is 49.6 Å². The number of ether oxygens (including phenoxy) is 1. The second-order valence-corrected chi connectivity index (χ2v) is 11.5. The van der Waals surface area contributed by atoms with Crippen LogP contribution in [0.25, 0.3) is 20.7 Å². The van der Waals surface area contributed by atoms with Gasteiger partial charge in [0.15, 0.2) is 0 Å². The molecule has 3 atom stereocenters. The van der Waals surface area contributed by atoms with E-state index in [1.54, 1.807) is 12.3 Å². The molecule has 1 unspecified atom stereocenters.